The maximum atomic E-state index is 12.6. The fourth-order valence-electron chi connectivity index (χ4n) is 2.44. The van der Waals surface area contributed by atoms with E-state index in [2.05, 4.69) is 5.32 Å². The maximum absolute atomic E-state index is 12.6. The van der Waals surface area contributed by atoms with Crippen LogP contribution in [-0.2, 0) is 15.0 Å². The van der Waals surface area contributed by atoms with Gasteiger partial charge in [-0.2, -0.15) is 17.0 Å². The number of nitrogens with zero attached hydrogens (tertiary/aromatic N) is 3. The monoisotopic (exact) mass is 306 g/mol. The molecule has 0 bridgehead atoms. The van der Waals surface area contributed by atoms with E-state index in [-0.39, 0.29) is 18.4 Å². The predicted octanol–water partition coefficient (Wildman–Crippen LogP) is -0.817. The van der Waals surface area contributed by atoms with Crippen molar-refractivity contribution in [2.75, 3.05) is 53.4 Å². The Bertz CT molecular complexity index is 422. The SMILES string of the molecule is CCN(CC)S(=O)(=O)N1CCN(C)C[C@H](C(=O)NC)C1. The second-order valence-electron chi connectivity index (χ2n) is 5.02. The topological polar surface area (TPSA) is 73.0 Å². The van der Waals surface area contributed by atoms with Crippen molar-refractivity contribution in [3.05, 3.63) is 0 Å². The van der Waals surface area contributed by atoms with Gasteiger partial charge in [-0.1, -0.05) is 13.8 Å². The van der Waals surface area contributed by atoms with Crippen LogP contribution >= 0.6 is 0 Å². The van der Waals surface area contributed by atoms with Crippen molar-refractivity contribution in [2.24, 2.45) is 5.92 Å². The van der Waals surface area contributed by atoms with Crippen molar-refractivity contribution in [1.29, 1.82) is 0 Å². The summed E-state index contributed by atoms with van der Waals surface area (Å²) >= 11 is 0. The van der Waals surface area contributed by atoms with Gasteiger partial charge in [-0.15, -0.1) is 0 Å². The quantitative estimate of drug-likeness (QED) is 0.720. The first kappa shape index (κ1) is 17.4. The minimum absolute atomic E-state index is 0.113. The number of rotatable bonds is 5. The van der Waals surface area contributed by atoms with Gasteiger partial charge < -0.3 is 10.2 Å². The molecule has 0 aromatic rings. The predicted molar refractivity (Wildman–Crippen MR) is 78.5 cm³/mol. The Kier molecular flexibility index (Phi) is 6.38. The van der Waals surface area contributed by atoms with Crippen LogP contribution in [0.5, 0.6) is 0 Å². The van der Waals surface area contributed by atoms with Gasteiger partial charge in [0.15, 0.2) is 0 Å². The molecule has 1 aliphatic rings. The first-order chi connectivity index (χ1) is 9.36. The van der Waals surface area contributed by atoms with Crippen molar-refractivity contribution in [2.45, 2.75) is 13.8 Å². The van der Waals surface area contributed by atoms with Gasteiger partial charge in [0.1, 0.15) is 0 Å². The molecule has 1 N–H and O–H groups in total. The molecule has 20 heavy (non-hydrogen) atoms. The minimum Gasteiger partial charge on any atom is -0.359 e. The summed E-state index contributed by atoms with van der Waals surface area (Å²) in [7, 11) is 0.000362. The van der Waals surface area contributed by atoms with Crippen molar-refractivity contribution >= 4 is 16.1 Å². The highest BCUT2D eigenvalue weighted by molar-refractivity contribution is 7.86. The third kappa shape index (κ3) is 3.91. The molecule has 0 unspecified atom stereocenters. The molecule has 0 aromatic carbocycles. The van der Waals surface area contributed by atoms with Crippen LogP contribution in [0.1, 0.15) is 13.8 Å². The lowest BCUT2D eigenvalue weighted by molar-refractivity contribution is -0.124. The number of likely N-dealkylation sites (N-methyl/N-ethyl adjacent to an activating group) is 1. The zero-order valence-corrected chi connectivity index (χ0v) is 13.6. The summed E-state index contributed by atoms with van der Waals surface area (Å²) in [5.41, 5.74) is 0. The van der Waals surface area contributed by atoms with Gasteiger partial charge in [0.25, 0.3) is 10.2 Å². The van der Waals surface area contributed by atoms with Crippen LogP contribution < -0.4 is 5.32 Å². The first-order valence-corrected chi connectivity index (χ1v) is 8.41. The molecule has 1 saturated heterocycles. The van der Waals surface area contributed by atoms with Crippen molar-refractivity contribution in [3.63, 3.8) is 0 Å². The molecule has 1 rings (SSSR count). The van der Waals surface area contributed by atoms with E-state index < -0.39 is 10.2 Å². The smallest absolute Gasteiger partial charge is 0.282 e. The first-order valence-electron chi connectivity index (χ1n) is 7.02. The lowest BCUT2D eigenvalue weighted by atomic mass is 10.1. The van der Waals surface area contributed by atoms with Gasteiger partial charge in [0, 0.05) is 46.3 Å². The Morgan fingerprint density at radius 3 is 2.35 bits per heavy atom. The van der Waals surface area contributed by atoms with Gasteiger partial charge in [0.2, 0.25) is 5.91 Å². The second kappa shape index (κ2) is 7.35. The maximum Gasteiger partial charge on any atom is 0.282 e. The fraction of sp³-hybridized carbons (Fsp3) is 0.917. The molecular formula is C12H26N4O3S. The molecule has 7 nitrogen and oxygen atoms in total. The molecule has 8 heteroatoms. The van der Waals surface area contributed by atoms with Crippen molar-refractivity contribution in [3.8, 4) is 0 Å². The van der Waals surface area contributed by atoms with Crippen LogP contribution in [0, 0.1) is 5.92 Å². The van der Waals surface area contributed by atoms with Crippen LogP contribution in [0.25, 0.3) is 0 Å². The molecule has 1 heterocycles. The number of carbonyl (C=O) groups excluding carboxylic acids is 1. The van der Waals surface area contributed by atoms with Crippen LogP contribution in [0.2, 0.25) is 0 Å². The molecule has 1 atom stereocenters. The average Bonchev–Trinajstić information content (AvgIpc) is 2.61. The molecule has 1 aliphatic heterocycles. The summed E-state index contributed by atoms with van der Waals surface area (Å²) in [5, 5.41) is 2.61. The molecular weight excluding hydrogens is 280 g/mol. The van der Waals surface area contributed by atoms with Crippen LogP contribution in [0.3, 0.4) is 0 Å². The average molecular weight is 306 g/mol. The van der Waals surface area contributed by atoms with Gasteiger partial charge >= 0.3 is 0 Å². The van der Waals surface area contributed by atoms with E-state index in [4.69, 9.17) is 0 Å². The van der Waals surface area contributed by atoms with Gasteiger partial charge in [0.05, 0.1) is 5.92 Å². The van der Waals surface area contributed by atoms with Crippen molar-refractivity contribution < 1.29 is 13.2 Å². The lowest BCUT2D eigenvalue weighted by Crippen LogP contribution is -2.47. The lowest BCUT2D eigenvalue weighted by Gasteiger charge is -2.28. The van der Waals surface area contributed by atoms with Crippen LogP contribution in [0.4, 0.5) is 0 Å². The summed E-state index contributed by atoms with van der Waals surface area (Å²) in [6, 6.07) is 0. The fourth-order valence-corrected chi connectivity index (χ4v) is 4.10. The van der Waals surface area contributed by atoms with Gasteiger partial charge in [-0.05, 0) is 7.05 Å². The van der Waals surface area contributed by atoms with Crippen molar-refractivity contribution in [1.82, 2.24) is 18.8 Å². The number of hydrogen-bond acceptors (Lipinski definition) is 4. The molecule has 0 saturated carbocycles. The second-order valence-corrected chi connectivity index (χ2v) is 6.95. The zero-order valence-electron chi connectivity index (χ0n) is 12.8. The molecule has 0 aliphatic carbocycles. The largest absolute Gasteiger partial charge is 0.359 e. The number of carbonyl (C=O) groups is 1. The third-order valence-electron chi connectivity index (χ3n) is 3.66. The standard InChI is InChI=1S/C12H26N4O3S/c1-5-15(6-2)20(18,19)16-8-7-14(4)9-11(10-16)12(17)13-3/h11H,5-10H2,1-4H3,(H,13,17)/t11-/m0/s1. The summed E-state index contributed by atoms with van der Waals surface area (Å²) in [6.07, 6.45) is 0. The molecule has 0 spiro atoms. The molecule has 0 aromatic heterocycles. The molecule has 0 radical (unpaired) electrons. The highest BCUT2D eigenvalue weighted by Gasteiger charge is 2.34. The van der Waals surface area contributed by atoms with E-state index >= 15 is 0 Å². The highest BCUT2D eigenvalue weighted by atomic mass is 32.2. The van der Waals surface area contributed by atoms with E-state index in [1.165, 1.54) is 8.61 Å². The highest BCUT2D eigenvalue weighted by Crippen LogP contribution is 2.15. The Morgan fingerprint density at radius 1 is 1.25 bits per heavy atom. The van der Waals surface area contributed by atoms with E-state index in [1.54, 1.807) is 7.05 Å². The Morgan fingerprint density at radius 2 is 1.85 bits per heavy atom. The number of nitrogens with one attached hydrogen (secondary N) is 1. The van der Waals surface area contributed by atoms with E-state index in [1.807, 2.05) is 25.8 Å². The summed E-state index contributed by atoms with van der Waals surface area (Å²) in [5.74, 6) is -0.448. The van der Waals surface area contributed by atoms with Gasteiger partial charge in [-0.3, -0.25) is 4.79 Å². The zero-order chi connectivity index (χ0) is 15.3. The molecule has 1 amide bonds. The Balaban J connectivity index is 2.96. The van der Waals surface area contributed by atoms with Crippen LogP contribution in [-0.4, -0.2) is 81.2 Å². The van der Waals surface area contributed by atoms with Crippen LogP contribution in [0.15, 0.2) is 0 Å². The third-order valence-corrected chi connectivity index (χ3v) is 5.82. The minimum atomic E-state index is -3.49. The molecule has 1 fully saturated rings. The van der Waals surface area contributed by atoms with Gasteiger partial charge in [-0.25, -0.2) is 0 Å². The summed E-state index contributed by atoms with van der Waals surface area (Å²) < 4.78 is 28.0. The Labute approximate surface area is 122 Å². The van der Waals surface area contributed by atoms with E-state index in [0.29, 0.717) is 32.7 Å². The molecule has 118 valence electrons. The normalized spacial score (nSPS) is 22.8. The Hall–Kier alpha value is -0.700. The van der Waals surface area contributed by atoms with E-state index in [0.717, 1.165) is 0 Å². The number of amides is 1. The number of hydrogen-bond donors (Lipinski definition) is 1. The summed E-state index contributed by atoms with van der Waals surface area (Å²) in [6.45, 7) is 6.39. The van der Waals surface area contributed by atoms with E-state index in [9.17, 15) is 13.2 Å². The summed E-state index contributed by atoms with van der Waals surface area (Å²) in [4.78, 5) is 13.9.